The summed E-state index contributed by atoms with van der Waals surface area (Å²) < 4.78 is 5.18. The smallest absolute Gasteiger partial charge is 0.253 e. The molecule has 2 aliphatic rings. The minimum absolute atomic E-state index is 0.0589. The lowest BCUT2D eigenvalue weighted by molar-refractivity contribution is -0.125. The highest BCUT2D eigenvalue weighted by Crippen LogP contribution is 2.35. The molecule has 6 heteroatoms. The molecule has 2 amide bonds. The molecule has 2 fully saturated rings. The number of benzene rings is 2. The van der Waals surface area contributed by atoms with Crippen molar-refractivity contribution >= 4 is 11.8 Å². The normalized spacial score (nSPS) is 23.7. The number of piperidine rings is 1. The summed E-state index contributed by atoms with van der Waals surface area (Å²) in [6, 6.07) is 17.4. The van der Waals surface area contributed by atoms with Crippen molar-refractivity contribution in [3.63, 3.8) is 0 Å². The van der Waals surface area contributed by atoms with Gasteiger partial charge in [0, 0.05) is 31.2 Å². The molecule has 0 aliphatic carbocycles. The summed E-state index contributed by atoms with van der Waals surface area (Å²) in [5.41, 5.74) is 1.78. The number of carbonyl (C=O) groups excluding carboxylic acids is 2. The van der Waals surface area contributed by atoms with E-state index in [2.05, 4.69) is 10.2 Å². The summed E-state index contributed by atoms with van der Waals surface area (Å²) >= 11 is 0. The van der Waals surface area contributed by atoms with Gasteiger partial charge in [-0.2, -0.15) is 0 Å². The first-order chi connectivity index (χ1) is 14.6. The minimum atomic E-state index is -0.148. The molecule has 2 aromatic carbocycles. The Hall–Kier alpha value is -2.86. The number of hydrogen-bond acceptors (Lipinski definition) is 4. The Bertz CT molecular complexity index is 884. The van der Waals surface area contributed by atoms with Crippen molar-refractivity contribution in [2.24, 2.45) is 5.92 Å². The van der Waals surface area contributed by atoms with Gasteiger partial charge in [-0.1, -0.05) is 30.3 Å². The van der Waals surface area contributed by atoms with Crippen LogP contribution in [0, 0.1) is 5.92 Å². The highest BCUT2D eigenvalue weighted by Gasteiger charge is 2.45. The zero-order valence-corrected chi connectivity index (χ0v) is 17.6. The van der Waals surface area contributed by atoms with Crippen LogP contribution in [0.1, 0.15) is 28.8 Å². The number of nitrogens with zero attached hydrogens (tertiary/aromatic N) is 2. The predicted molar refractivity (Wildman–Crippen MR) is 115 cm³/mol. The molecule has 0 bridgehead atoms. The molecule has 30 heavy (non-hydrogen) atoms. The molecule has 158 valence electrons. The Balaban J connectivity index is 1.34. The van der Waals surface area contributed by atoms with Crippen LogP contribution < -0.4 is 10.1 Å². The van der Waals surface area contributed by atoms with Gasteiger partial charge in [0.25, 0.3) is 5.91 Å². The molecule has 0 radical (unpaired) electrons. The fourth-order valence-electron chi connectivity index (χ4n) is 4.76. The van der Waals surface area contributed by atoms with Crippen molar-refractivity contribution in [3.05, 3.63) is 65.7 Å². The Morgan fingerprint density at radius 3 is 2.53 bits per heavy atom. The van der Waals surface area contributed by atoms with E-state index >= 15 is 0 Å². The molecule has 2 heterocycles. The Labute approximate surface area is 177 Å². The summed E-state index contributed by atoms with van der Waals surface area (Å²) in [5.74, 6) is 1.28. The van der Waals surface area contributed by atoms with Gasteiger partial charge in [0.15, 0.2) is 0 Å². The van der Waals surface area contributed by atoms with Crippen LogP contribution in [-0.4, -0.2) is 60.9 Å². The number of likely N-dealkylation sites (tertiary alicyclic amines) is 2. The lowest BCUT2D eigenvalue weighted by Crippen LogP contribution is -2.49. The highest BCUT2D eigenvalue weighted by atomic mass is 16.5. The summed E-state index contributed by atoms with van der Waals surface area (Å²) in [4.78, 5) is 29.8. The third kappa shape index (κ3) is 4.19. The number of nitrogens with one attached hydrogen (secondary N) is 1. The monoisotopic (exact) mass is 407 g/mol. The maximum absolute atomic E-state index is 12.9. The fourth-order valence-corrected chi connectivity index (χ4v) is 4.76. The van der Waals surface area contributed by atoms with Crippen molar-refractivity contribution in [2.75, 3.05) is 27.2 Å². The summed E-state index contributed by atoms with van der Waals surface area (Å²) in [6.45, 7) is 1.95. The number of amides is 2. The quantitative estimate of drug-likeness (QED) is 0.828. The van der Waals surface area contributed by atoms with E-state index in [-0.39, 0.29) is 17.9 Å². The van der Waals surface area contributed by atoms with Crippen molar-refractivity contribution in [2.45, 2.75) is 31.5 Å². The van der Waals surface area contributed by atoms with Gasteiger partial charge in [-0.3, -0.25) is 14.5 Å². The number of hydrogen-bond donors (Lipinski definition) is 1. The SMILES string of the molecule is COc1ccc(CNC(=O)[C@@H]2C[C@H]3CN(C(=O)c4ccccc4)CC[C@@H]3N2C)cc1. The molecule has 0 unspecified atom stereocenters. The van der Waals surface area contributed by atoms with Crippen LogP contribution in [0.15, 0.2) is 54.6 Å². The van der Waals surface area contributed by atoms with Gasteiger partial charge < -0.3 is 15.0 Å². The van der Waals surface area contributed by atoms with Gasteiger partial charge in [-0.05, 0) is 55.6 Å². The van der Waals surface area contributed by atoms with Crippen LogP contribution in [0.3, 0.4) is 0 Å². The van der Waals surface area contributed by atoms with Gasteiger partial charge in [0.1, 0.15) is 5.75 Å². The average molecular weight is 408 g/mol. The zero-order valence-electron chi connectivity index (χ0n) is 17.6. The lowest BCUT2D eigenvalue weighted by Gasteiger charge is -2.37. The molecule has 1 N–H and O–H groups in total. The minimum Gasteiger partial charge on any atom is -0.497 e. The van der Waals surface area contributed by atoms with Gasteiger partial charge in [-0.15, -0.1) is 0 Å². The molecule has 2 saturated heterocycles. The van der Waals surface area contributed by atoms with Crippen molar-refractivity contribution in [3.8, 4) is 5.75 Å². The van der Waals surface area contributed by atoms with Crippen LogP contribution in [0.2, 0.25) is 0 Å². The molecule has 2 aromatic rings. The third-order valence-electron chi connectivity index (χ3n) is 6.47. The fraction of sp³-hybridized carbons (Fsp3) is 0.417. The first-order valence-corrected chi connectivity index (χ1v) is 10.5. The standard InChI is InChI=1S/C24H29N3O3/c1-26-21-12-13-27(24(29)18-6-4-3-5-7-18)16-19(21)14-22(26)23(28)25-15-17-8-10-20(30-2)11-9-17/h3-11,19,21-22H,12-16H2,1-2H3,(H,25,28)/t19-,21-,22-/m0/s1. The van der Waals surface area contributed by atoms with Crippen molar-refractivity contribution in [1.82, 2.24) is 15.1 Å². The Kier molecular flexibility index (Phi) is 6.04. The van der Waals surface area contributed by atoms with E-state index in [0.717, 1.165) is 36.3 Å². The van der Waals surface area contributed by atoms with Gasteiger partial charge in [0.2, 0.25) is 5.91 Å². The van der Waals surface area contributed by atoms with E-state index in [1.807, 2.05) is 66.5 Å². The van der Waals surface area contributed by atoms with Crippen LogP contribution in [0.25, 0.3) is 0 Å². The average Bonchev–Trinajstić information content (AvgIpc) is 3.13. The number of methoxy groups -OCH3 is 1. The Morgan fingerprint density at radius 2 is 1.83 bits per heavy atom. The largest absolute Gasteiger partial charge is 0.497 e. The third-order valence-corrected chi connectivity index (χ3v) is 6.47. The second-order valence-electron chi connectivity index (χ2n) is 8.22. The van der Waals surface area contributed by atoms with Crippen molar-refractivity contribution < 1.29 is 14.3 Å². The Morgan fingerprint density at radius 1 is 1.10 bits per heavy atom. The van der Waals surface area contributed by atoms with Crippen LogP contribution >= 0.6 is 0 Å². The number of ether oxygens (including phenoxy) is 1. The lowest BCUT2D eigenvalue weighted by atomic mass is 9.91. The van der Waals surface area contributed by atoms with Crippen LogP contribution in [0.4, 0.5) is 0 Å². The topological polar surface area (TPSA) is 61.9 Å². The van der Waals surface area contributed by atoms with Gasteiger partial charge in [-0.25, -0.2) is 0 Å². The molecule has 6 nitrogen and oxygen atoms in total. The molecular formula is C24H29N3O3. The van der Waals surface area contributed by atoms with Crippen LogP contribution in [-0.2, 0) is 11.3 Å². The highest BCUT2D eigenvalue weighted by molar-refractivity contribution is 5.94. The van der Waals surface area contributed by atoms with E-state index in [1.54, 1.807) is 7.11 Å². The summed E-state index contributed by atoms with van der Waals surface area (Å²) in [6.07, 6.45) is 1.69. The second kappa shape index (κ2) is 8.88. The molecule has 3 atom stereocenters. The predicted octanol–water partition coefficient (Wildman–Crippen LogP) is 2.55. The molecular weight excluding hydrogens is 378 g/mol. The molecule has 4 rings (SSSR count). The molecule has 0 saturated carbocycles. The van der Waals surface area contributed by atoms with Gasteiger partial charge >= 0.3 is 0 Å². The van der Waals surface area contributed by atoms with Crippen LogP contribution in [0.5, 0.6) is 5.75 Å². The first kappa shape index (κ1) is 20.4. The molecule has 0 aromatic heterocycles. The van der Waals surface area contributed by atoms with E-state index in [1.165, 1.54) is 0 Å². The zero-order chi connectivity index (χ0) is 21.1. The number of rotatable bonds is 5. The molecule has 0 spiro atoms. The molecule has 2 aliphatic heterocycles. The number of likely N-dealkylation sites (N-methyl/N-ethyl adjacent to an activating group) is 1. The van der Waals surface area contributed by atoms with E-state index in [4.69, 9.17) is 4.74 Å². The van der Waals surface area contributed by atoms with Gasteiger partial charge in [0.05, 0.1) is 13.2 Å². The number of carbonyl (C=O) groups is 2. The van der Waals surface area contributed by atoms with E-state index < -0.39 is 0 Å². The van der Waals surface area contributed by atoms with E-state index in [0.29, 0.717) is 25.0 Å². The summed E-state index contributed by atoms with van der Waals surface area (Å²) in [7, 11) is 3.68. The summed E-state index contributed by atoms with van der Waals surface area (Å²) in [5, 5.41) is 3.08. The first-order valence-electron chi connectivity index (χ1n) is 10.5. The maximum atomic E-state index is 12.9. The van der Waals surface area contributed by atoms with Crippen molar-refractivity contribution in [1.29, 1.82) is 0 Å². The van der Waals surface area contributed by atoms with E-state index in [9.17, 15) is 9.59 Å². The number of fused-ring (bicyclic) bond motifs is 1. The maximum Gasteiger partial charge on any atom is 0.253 e. The second-order valence-corrected chi connectivity index (χ2v) is 8.22.